The van der Waals surface area contributed by atoms with Crippen molar-refractivity contribution in [1.29, 1.82) is 0 Å². The van der Waals surface area contributed by atoms with Crippen molar-refractivity contribution in [2.24, 2.45) is 0 Å². The summed E-state index contributed by atoms with van der Waals surface area (Å²) in [5.41, 5.74) is 1.07. The summed E-state index contributed by atoms with van der Waals surface area (Å²) in [7, 11) is 1.34. The third kappa shape index (κ3) is 5.06. The molecule has 0 aromatic heterocycles. The molecule has 1 amide bonds. The van der Waals surface area contributed by atoms with Crippen molar-refractivity contribution in [3.8, 4) is 0 Å². The van der Waals surface area contributed by atoms with E-state index in [0.29, 0.717) is 23.7 Å². The molecule has 1 heterocycles. The minimum Gasteiger partial charge on any atom is -0.465 e. The minimum atomic E-state index is -0.403. The third-order valence-electron chi connectivity index (χ3n) is 4.41. The van der Waals surface area contributed by atoms with Crippen molar-refractivity contribution in [2.75, 3.05) is 25.5 Å². The van der Waals surface area contributed by atoms with Gasteiger partial charge in [0.1, 0.15) is 0 Å². The number of rotatable bonds is 6. The van der Waals surface area contributed by atoms with Gasteiger partial charge in [-0.3, -0.25) is 9.69 Å². The highest BCUT2D eigenvalue weighted by Crippen LogP contribution is 2.19. The van der Waals surface area contributed by atoms with Crippen molar-refractivity contribution < 1.29 is 14.3 Å². The first-order chi connectivity index (χ1) is 11.1. The Hall–Kier alpha value is -1.88. The molecule has 1 aromatic rings. The summed E-state index contributed by atoms with van der Waals surface area (Å²) in [6.45, 7) is 4.09. The molecular formula is C18H26N2O3. The first-order valence-electron chi connectivity index (χ1n) is 8.36. The van der Waals surface area contributed by atoms with E-state index in [9.17, 15) is 9.59 Å². The number of anilines is 1. The van der Waals surface area contributed by atoms with E-state index in [-0.39, 0.29) is 5.91 Å². The Morgan fingerprint density at radius 3 is 2.91 bits per heavy atom. The number of nitrogens with one attached hydrogen (secondary N) is 1. The molecule has 2 rings (SSSR count). The molecule has 1 unspecified atom stereocenters. The molecule has 5 nitrogen and oxygen atoms in total. The van der Waals surface area contributed by atoms with Gasteiger partial charge in [0.15, 0.2) is 0 Å². The number of ether oxygens (including phenoxy) is 1. The van der Waals surface area contributed by atoms with Crippen LogP contribution in [0.25, 0.3) is 0 Å². The van der Waals surface area contributed by atoms with E-state index in [4.69, 9.17) is 0 Å². The molecular weight excluding hydrogens is 292 g/mol. The number of hydrogen-bond donors (Lipinski definition) is 1. The van der Waals surface area contributed by atoms with Crippen LogP contribution in [0, 0.1) is 0 Å². The summed E-state index contributed by atoms with van der Waals surface area (Å²) in [4.78, 5) is 26.1. The molecule has 0 radical (unpaired) electrons. The number of hydrogen-bond acceptors (Lipinski definition) is 4. The number of carbonyl (C=O) groups is 2. The Morgan fingerprint density at radius 2 is 2.17 bits per heavy atom. The summed E-state index contributed by atoms with van der Waals surface area (Å²) in [5, 5.41) is 2.86. The summed E-state index contributed by atoms with van der Waals surface area (Å²) in [6.07, 6.45) is 5.36. The Balaban J connectivity index is 1.86. The predicted molar refractivity (Wildman–Crippen MR) is 90.5 cm³/mol. The number of amides is 1. The van der Waals surface area contributed by atoms with E-state index in [0.717, 1.165) is 19.5 Å². The summed E-state index contributed by atoms with van der Waals surface area (Å²) < 4.78 is 4.69. The zero-order valence-corrected chi connectivity index (χ0v) is 14.0. The smallest absolute Gasteiger partial charge is 0.337 e. The van der Waals surface area contributed by atoms with Gasteiger partial charge in [-0.15, -0.1) is 0 Å². The van der Waals surface area contributed by atoms with Gasteiger partial charge >= 0.3 is 5.97 Å². The molecule has 0 spiro atoms. The van der Waals surface area contributed by atoms with Crippen LogP contribution in [0.2, 0.25) is 0 Å². The molecule has 1 N–H and O–H groups in total. The van der Waals surface area contributed by atoms with Crippen molar-refractivity contribution in [3.05, 3.63) is 29.8 Å². The van der Waals surface area contributed by atoms with Crippen LogP contribution >= 0.6 is 0 Å². The second-order valence-electron chi connectivity index (χ2n) is 5.96. The van der Waals surface area contributed by atoms with Crippen LogP contribution in [0.4, 0.5) is 5.69 Å². The van der Waals surface area contributed by atoms with Crippen molar-refractivity contribution in [2.45, 2.75) is 45.1 Å². The van der Waals surface area contributed by atoms with E-state index in [1.165, 1.54) is 26.4 Å². The van der Waals surface area contributed by atoms with Gasteiger partial charge in [-0.05, 0) is 44.0 Å². The lowest BCUT2D eigenvalue weighted by atomic mass is 10.00. The average molecular weight is 318 g/mol. The lowest BCUT2D eigenvalue weighted by Gasteiger charge is -2.35. The van der Waals surface area contributed by atoms with E-state index in [1.807, 2.05) is 0 Å². The molecule has 1 saturated heterocycles. The predicted octanol–water partition coefficient (Wildman–Crippen LogP) is 3.07. The zero-order chi connectivity index (χ0) is 16.7. The average Bonchev–Trinajstić information content (AvgIpc) is 2.59. The topological polar surface area (TPSA) is 58.6 Å². The van der Waals surface area contributed by atoms with Gasteiger partial charge < -0.3 is 10.1 Å². The van der Waals surface area contributed by atoms with Crippen LogP contribution < -0.4 is 5.32 Å². The van der Waals surface area contributed by atoms with Crippen LogP contribution in [0.1, 0.15) is 49.4 Å². The van der Waals surface area contributed by atoms with Gasteiger partial charge in [0, 0.05) is 24.7 Å². The zero-order valence-electron chi connectivity index (χ0n) is 14.0. The second-order valence-corrected chi connectivity index (χ2v) is 5.96. The highest BCUT2D eigenvalue weighted by Gasteiger charge is 2.21. The van der Waals surface area contributed by atoms with E-state index >= 15 is 0 Å². The Kier molecular flexibility index (Phi) is 6.59. The number of piperidine rings is 1. The van der Waals surface area contributed by atoms with Gasteiger partial charge in [0.25, 0.3) is 0 Å². The van der Waals surface area contributed by atoms with Crippen LogP contribution in [-0.4, -0.2) is 43.0 Å². The van der Waals surface area contributed by atoms with Crippen LogP contribution in [0.5, 0.6) is 0 Å². The molecule has 0 aliphatic carbocycles. The van der Waals surface area contributed by atoms with Crippen LogP contribution in [0.3, 0.4) is 0 Å². The third-order valence-corrected chi connectivity index (χ3v) is 4.41. The maximum absolute atomic E-state index is 12.1. The molecule has 1 fully saturated rings. The number of carbonyl (C=O) groups excluding carboxylic acids is 2. The number of likely N-dealkylation sites (tertiary alicyclic amines) is 1. The highest BCUT2D eigenvalue weighted by atomic mass is 16.5. The van der Waals surface area contributed by atoms with Crippen LogP contribution in [-0.2, 0) is 9.53 Å². The number of esters is 1. The normalized spacial score (nSPS) is 18.4. The Bertz CT molecular complexity index is 545. The van der Waals surface area contributed by atoms with Gasteiger partial charge in [-0.25, -0.2) is 4.79 Å². The van der Waals surface area contributed by atoms with E-state index in [2.05, 4.69) is 21.9 Å². The summed E-state index contributed by atoms with van der Waals surface area (Å²) >= 11 is 0. The van der Waals surface area contributed by atoms with Gasteiger partial charge in [0.05, 0.1) is 12.7 Å². The minimum absolute atomic E-state index is 0.0209. The molecule has 23 heavy (non-hydrogen) atoms. The second kappa shape index (κ2) is 8.67. The van der Waals surface area contributed by atoms with Gasteiger partial charge in [0.2, 0.25) is 5.91 Å². The quantitative estimate of drug-likeness (QED) is 0.819. The molecule has 1 aliphatic heterocycles. The molecule has 1 atom stereocenters. The molecule has 0 saturated carbocycles. The number of methoxy groups -OCH3 is 1. The molecule has 1 aromatic carbocycles. The van der Waals surface area contributed by atoms with E-state index in [1.54, 1.807) is 24.3 Å². The molecule has 0 bridgehead atoms. The standard InChI is InChI=1S/C18H26N2O3/c1-3-16-9-4-5-11-20(16)12-10-17(21)19-15-8-6-7-14(13-15)18(22)23-2/h6-8,13,16H,3-5,9-12H2,1-2H3,(H,19,21). The molecule has 126 valence electrons. The number of benzene rings is 1. The van der Waals surface area contributed by atoms with E-state index < -0.39 is 5.97 Å². The SMILES string of the molecule is CCC1CCCCN1CCC(=O)Nc1cccc(C(=O)OC)c1. The fraction of sp³-hybridized carbons (Fsp3) is 0.556. The highest BCUT2D eigenvalue weighted by molar-refractivity contribution is 5.94. The first kappa shape index (κ1) is 17.5. The largest absolute Gasteiger partial charge is 0.465 e. The Labute approximate surface area is 138 Å². The van der Waals surface area contributed by atoms with Crippen molar-refractivity contribution in [1.82, 2.24) is 4.90 Å². The molecule has 5 heteroatoms. The lowest BCUT2D eigenvalue weighted by molar-refractivity contribution is -0.116. The van der Waals surface area contributed by atoms with Crippen molar-refractivity contribution in [3.63, 3.8) is 0 Å². The van der Waals surface area contributed by atoms with Gasteiger partial charge in [-0.1, -0.05) is 19.4 Å². The summed E-state index contributed by atoms with van der Waals surface area (Å²) in [5.74, 6) is -0.423. The maximum atomic E-state index is 12.1. The molecule has 1 aliphatic rings. The fourth-order valence-electron chi connectivity index (χ4n) is 3.13. The van der Waals surface area contributed by atoms with Crippen molar-refractivity contribution >= 4 is 17.6 Å². The number of nitrogens with zero attached hydrogens (tertiary/aromatic N) is 1. The maximum Gasteiger partial charge on any atom is 0.337 e. The van der Waals surface area contributed by atoms with Crippen LogP contribution in [0.15, 0.2) is 24.3 Å². The first-order valence-corrected chi connectivity index (χ1v) is 8.36. The van der Waals surface area contributed by atoms with Gasteiger partial charge in [-0.2, -0.15) is 0 Å². The Morgan fingerprint density at radius 1 is 1.35 bits per heavy atom. The fourth-order valence-corrected chi connectivity index (χ4v) is 3.13. The lowest BCUT2D eigenvalue weighted by Crippen LogP contribution is -2.40. The monoisotopic (exact) mass is 318 g/mol. The summed E-state index contributed by atoms with van der Waals surface area (Å²) in [6, 6.07) is 7.43.